The van der Waals surface area contributed by atoms with Crippen LogP contribution in [0.3, 0.4) is 0 Å². The summed E-state index contributed by atoms with van der Waals surface area (Å²) >= 11 is 5.02. The number of carbonyl (C=O) groups excluding carboxylic acids is 1. The lowest BCUT2D eigenvalue weighted by molar-refractivity contribution is 0.0925. The van der Waals surface area contributed by atoms with E-state index in [-0.39, 0.29) is 10.9 Å². The number of thiocarbonyl (C=S) groups is 1. The van der Waals surface area contributed by atoms with Gasteiger partial charge in [-0.2, -0.15) is 10.2 Å². The molecule has 0 aromatic carbocycles. The molecule has 1 aromatic rings. The minimum Gasteiger partial charge on any atom is -0.391 e. The van der Waals surface area contributed by atoms with E-state index in [4.69, 9.17) is 18.0 Å². The molecule has 5 nitrogen and oxygen atoms in total. The van der Waals surface area contributed by atoms with Crippen LogP contribution in [0.5, 0.6) is 0 Å². The lowest BCUT2D eigenvalue weighted by Crippen LogP contribution is -2.54. The molecule has 0 saturated heterocycles. The van der Waals surface area contributed by atoms with Crippen molar-refractivity contribution in [3.8, 4) is 0 Å². The third kappa shape index (κ3) is 3.47. The number of hydrogen-bond acceptors (Lipinski definition) is 4. The van der Waals surface area contributed by atoms with Crippen LogP contribution < -0.4 is 11.1 Å². The molecule has 19 heavy (non-hydrogen) atoms. The second-order valence-electron chi connectivity index (χ2n) is 4.70. The second kappa shape index (κ2) is 6.06. The Morgan fingerprint density at radius 3 is 2.58 bits per heavy atom. The molecule has 1 amide bonds. The summed E-state index contributed by atoms with van der Waals surface area (Å²) in [7, 11) is 0. The molecule has 1 atom stereocenters. The second-order valence-corrected chi connectivity index (χ2v) is 5.14. The van der Waals surface area contributed by atoms with Crippen LogP contribution in [-0.4, -0.2) is 26.6 Å². The fraction of sp³-hybridized carbons (Fsp3) is 0.538. The maximum atomic E-state index is 12.4. The molecule has 1 heterocycles. The van der Waals surface area contributed by atoms with Gasteiger partial charge >= 0.3 is 0 Å². The van der Waals surface area contributed by atoms with E-state index in [1.807, 2.05) is 20.8 Å². The lowest BCUT2D eigenvalue weighted by atomic mass is 9.98. The number of aryl methyl sites for hydroxylation is 2. The summed E-state index contributed by atoms with van der Waals surface area (Å²) in [5, 5.41) is 10.9. The molecule has 0 saturated carbocycles. The average molecular weight is 280 g/mol. The number of nitrogens with zero attached hydrogens (tertiary/aromatic N) is 2. The van der Waals surface area contributed by atoms with Gasteiger partial charge in [0.1, 0.15) is 0 Å². The maximum Gasteiger partial charge on any atom is 0.254 e. The van der Waals surface area contributed by atoms with Crippen LogP contribution in [0.15, 0.2) is 6.07 Å². The van der Waals surface area contributed by atoms with Crippen LogP contribution in [0.1, 0.15) is 48.9 Å². The Balaban J connectivity index is 3.07. The molecule has 0 spiro atoms. The van der Waals surface area contributed by atoms with Crippen molar-refractivity contribution >= 4 is 23.1 Å². The number of aromatic nitrogens is 2. The molecule has 0 fully saturated rings. The van der Waals surface area contributed by atoms with Crippen molar-refractivity contribution in [1.82, 2.24) is 15.5 Å². The first-order valence-electron chi connectivity index (χ1n) is 6.29. The maximum absolute atomic E-state index is 12.4. The zero-order valence-corrected chi connectivity index (χ0v) is 12.6. The van der Waals surface area contributed by atoms with E-state index in [1.165, 1.54) is 0 Å². The highest BCUT2D eigenvalue weighted by Crippen LogP contribution is 2.13. The molecular formula is C13H20N4OS. The fourth-order valence-corrected chi connectivity index (χ4v) is 1.81. The molecular weight excluding hydrogens is 260 g/mol. The molecule has 3 N–H and O–H groups in total. The van der Waals surface area contributed by atoms with Gasteiger partial charge in [0.05, 0.1) is 27.5 Å². The first-order valence-corrected chi connectivity index (χ1v) is 6.70. The third-order valence-corrected chi connectivity index (χ3v) is 3.66. The quantitative estimate of drug-likeness (QED) is 0.799. The van der Waals surface area contributed by atoms with Gasteiger partial charge in [0, 0.05) is 0 Å². The van der Waals surface area contributed by atoms with E-state index in [9.17, 15) is 4.79 Å². The Bertz CT molecular complexity index is 503. The van der Waals surface area contributed by atoms with E-state index in [2.05, 4.69) is 15.5 Å². The van der Waals surface area contributed by atoms with E-state index in [0.29, 0.717) is 29.8 Å². The molecule has 0 aliphatic rings. The summed E-state index contributed by atoms with van der Waals surface area (Å²) in [5.74, 6) is -0.216. The predicted octanol–water partition coefficient (Wildman–Crippen LogP) is 1.53. The third-order valence-electron chi connectivity index (χ3n) is 3.21. The standard InChI is InChI=1S/C13H20N4OS/c1-5-10-9(7-8(3)16-17-10)11(18)15-13(4,6-2)12(14)19/h7H,5-6H2,1-4H3,(H2,14,19)(H,15,18). The largest absolute Gasteiger partial charge is 0.391 e. The molecule has 0 aliphatic heterocycles. The summed E-state index contributed by atoms with van der Waals surface area (Å²) in [6.45, 7) is 7.48. The van der Waals surface area contributed by atoms with Gasteiger partial charge in [-0.25, -0.2) is 0 Å². The van der Waals surface area contributed by atoms with E-state index < -0.39 is 5.54 Å². The van der Waals surface area contributed by atoms with Gasteiger partial charge in [-0.15, -0.1) is 0 Å². The Kier molecular flexibility index (Phi) is 4.94. The zero-order chi connectivity index (χ0) is 14.6. The summed E-state index contributed by atoms with van der Waals surface area (Å²) in [5.41, 5.74) is 6.92. The average Bonchev–Trinajstić information content (AvgIpc) is 2.38. The first kappa shape index (κ1) is 15.5. The van der Waals surface area contributed by atoms with Gasteiger partial charge in [-0.1, -0.05) is 26.1 Å². The Morgan fingerprint density at radius 2 is 2.11 bits per heavy atom. The molecule has 0 bridgehead atoms. The smallest absolute Gasteiger partial charge is 0.254 e. The van der Waals surface area contributed by atoms with Gasteiger partial charge in [-0.05, 0) is 32.8 Å². The van der Waals surface area contributed by atoms with Crippen molar-refractivity contribution in [2.75, 3.05) is 0 Å². The SMILES string of the molecule is CCc1nnc(C)cc1C(=O)NC(C)(CC)C(N)=S. The highest BCUT2D eigenvalue weighted by Gasteiger charge is 2.29. The molecule has 1 unspecified atom stereocenters. The van der Waals surface area contributed by atoms with Gasteiger partial charge in [0.25, 0.3) is 5.91 Å². The normalized spacial score (nSPS) is 13.7. The van der Waals surface area contributed by atoms with Crippen molar-refractivity contribution < 1.29 is 4.79 Å². The Morgan fingerprint density at radius 1 is 1.47 bits per heavy atom. The zero-order valence-electron chi connectivity index (χ0n) is 11.8. The van der Waals surface area contributed by atoms with Crippen LogP contribution in [0.2, 0.25) is 0 Å². The number of hydrogen-bond donors (Lipinski definition) is 2. The minimum absolute atomic E-state index is 0.216. The highest BCUT2D eigenvalue weighted by atomic mass is 32.1. The van der Waals surface area contributed by atoms with E-state index >= 15 is 0 Å². The van der Waals surface area contributed by atoms with Crippen molar-refractivity contribution in [2.45, 2.75) is 46.1 Å². The molecule has 104 valence electrons. The van der Waals surface area contributed by atoms with Gasteiger partial charge in [-0.3, -0.25) is 4.79 Å². The van der Waals surface area contributed by atoms with Crippen molar-refractivity contribution in [3.05, 3.63) is 23.0 Å². The predicted molar refractivity (Wildman–Crippen MR) is 79.1 cm³/mol. The van der Waals surface area contributed by atoms with Crippen LogP contribution in [0.4, 0.5) is 0 Å². The molecule has 1 rings (SSSR count). The molecule has 0 aliphatic carbocycles. The summed E-state index contributed by atoms with van der Waals surface area (Å²) < 4.78 is 0. The highest BCUT2D eigenvalue weighted by molar-refractivity contribution is 7.80. The van der Waals surface area contributed by atoms with Crippen LogP contribution >= 0.6 is 12.2 Å². The topological polar surface area (TPSA) is 80.9 Å². The Hall–Kier alpha value is -1.56. The number of rotatable bonds is 5. The number of nitrogens with two attached hydrogens (primary N) is 1. The minimum atomic E-state index is -0.686. The van der Waals surface area contributed by atoms with E-state index in [0.717, 1.165) is 0 Å². The summed E-state index contributed by atoms with van der Waals surface area (Å²) in [6, 6.07) is 1.73. The number of amides is 1. The van der Waals surface area contributed by atoms with Gasteiger partial charge in [0.15, 0.2) is 0 Å². The van der Waals surface area contributed by atoms with Crippen molar-refractivity contribution in [3.63, 3.8) is 0 Å². The van der Waals surface area contributed by atoms with Crippen molar-refractivity contribution in [1.29, 1.82) is 0 Å². The fourth-order valence-electron chi connectivity index (χ4n) is 1.61. The monoisotopic (exact) mass is 280 g/mol. The van der Waals surface area contributed by atoms with Gasteiger partial charge in [0.2, 0.25) is 0 Å². The van der Waals surface area contributed by atoms with Gasteiger partial charge < -0.3 is 11.1 Å². The lowest BCUT2D eigenvalue weighted by Gasteiger charge is -2.28. The summed E-state index contributed by atoms with van der Waals surface area (Å²) in [6.07, 6.45) is 1.28. The van der Waals surface area contributed by atoms with Crippen molar-refractivity contribution in [2.24, 2.45) is 5.73 Å². The molecule has 6 heteroatoms. The van der Waals surface area contributed by atoms with Crippen LogP contribution in [-0.2, 0) is 6.42 Å². The van der Waals surface area contributed by atoms with Crippen LogP contribution in [0, 0.1) is 6.92 Å². The van der Waals surface area contributed by atoms with E-state index in [1.54, 1.807) is 13.0 Å². The summed E-state index contributed by atoms with van der Waals surface area (Å²) in [4.78, 5) is 12.6. The molecule has 0 radical (unpaired) electrons. The molecule has 1 aromatic heterocycles. The van der Waals surface area contributed by atoms with Crippen LogP contribution in [0.25, 0.3) is 0 Å². The first-order chi connectivity index (χ1) is 8.84. The number of carbonyl (C=O) groups is 1. The Labute approximate surface area is 119 Å². The number of nitrogens with one attached hydrogen (secondary N) is 1.